The fourth-order valence-corrected chi connectivity index (χ4v) is 0.759. The van der Waals surface area contributed by atoms with E-state index < -0.39 is 12.0 Å². The van der Waals surface area contributed by atoms with Gasteiger partial charge in [-0.25, -0.2) is 0 Å². The van der Waals surface area contributed by atoms with Crippen LogP contribution in [0.25, 0.3) is 0 Å². The van der Waals surface area contributed by atoms with Crippen molar-refractivity contribution in [2.24, 2.45) is 17.2 Å². The number of nitrogens with two attached hydrogens (primary N) is 3. The van der Waals surface area contributed by atoms with Crippen LogP contribution in [0.15, 0.2) is 0 Å². The average Bonchev–Trinajstić information content (AvgIpc) is 1.87. The summed E-state index contributed by atoms with van der Waals surface area (Å²) >= 11 is 0. The van der Waals surface area contributed by atoms with E-state index in [-0.39, 0.29) is 12.5 Å². The van der Waals surface area contributed by atoms with Gasteiger partial charge in [0.15, 0.2) is 0 Å². The van der Waals surface area contributed by atoms with E-state index in [0.29, 0.717) is 13.0 Å². The van der Waals surface area contributed by atoms with E-state index in [1.54, 1.807) is 0 Å². The summed E-state index contributed by atoms with van der Waals surface area (Å²) in [4.78, 5) is 10.2. The summed E-state index contributed by atoms with van der Waals surface area (Å²) in [5.41, 5.74) is 15.9. The molecule has 0 radical (unpaired) electrons. The van der Waals surface area contributed by atoms with Gasteiger partial charge in [0.05, 0.1) is 0 Å². The molecule has 2 unspecified atom stereocenters. The van der Waals surface area contributed by atoms with E-state index in [9.17, 15) is 4.79 Å². The third kappa shape index (κ3) is 4.72. The van der Waals surface area contributed by atoms with Gasteiger partial charge in [-0.05, 0) is 19.4 Å². The highest BCUT2D eigenvalue weighted by molar-refractivity contribution is 5.73. The molecule has 0 saturated carbocycles. The van der Waals surface area contributed by atoms with E-state index in [2.05, 4.69) is 0 Å². The monoisotopic (exact) mass is 161 g/mol. The number of aliphatic carboxylic acids is 1. The molecular weight excluding hydrogens is 146 g/mol. The molecule has 0 fully saturated rings. The number of hydrogen-bond donors (Lipinski definition) is 4. The highest BCUT2D eigenvalue weighted by Crippen LogP contribution is 1.96. The Bertz CT molecular complexity index is 129. The number of carboxylic acids is 1. The lowest BCUT2D eigenvalue weighted by Crippen LogP contribution is -2.38. The van der Waals surface area contributed by atoms with Crippen molar-refractivity contribution in [2.75, 3.05) is 6.54 Å². The molecule has 0 aromatic carbocycles. The molecule has 5 nitrogen and oxygen atoms in total. The SMILES string of the molecule is NCCC(N)CC(N)C(=O)O. The molecule has 66 valence electrons. The zero-order valence-electron chi connectivity index (χ0n) is 6.36. The maximum atomic E-state index is 10.2. The van der Waals surface area contributed by atoms with E-state index in [1.807, 2.05) is 0 Å². The van der Waals surface area contributed by atoms with Crippen LogP contribution in [0.1, 0.15) is 12.8 Å². The van der Waals surface area contributed by atoms with Gasteiger partial charge in [-0.1, -0.05) is 0 Å². The molecule has 0 aromatic rings. The Hall–Kier alpha value is -0.650. The molecule has 7 N–H and O–H groups in total. The van der Waals surface area contributed by atoms with Gasteiger partial charge in [0.1, 0.15) is 6.04 Å². The van der Waals surface area contributed by atoms with E-state index in [1.165, 1.54) is 0 Å². The van der Waals surface area contributed by atoms with Crippen molar-refractivity contribution in [3.63, 3.8) is 0 Å². The molecule has 2 atom stereocenters. The van der Waals surface area contributed by atoms with Crippen molar-refractivity contribution in [2.45, 2.75) is 24.9 Å². The van der Waals surface area contributed by atoms with Crippen LogP contribution in [-0.4, -0.2) is 29.7 Å². The summed E-state index contributed by atoms with van der Waals surface area (Å²) in [7, 11) is 0. The third-order valence-electron chi connectivity index (χ3n) is 1.41. The van der Waals surface area contributed by atoms with Gasteiger partial charge in [-0.15, -0.1) is 0 Å². The average molecular weight is 161 g/mol. The summed E-state index contributed by atoms with van der Waals surface area (Å²) in [6.07, 6.45) is 0.896. The minimum atomic E-state index is -1.02. The first kappa shape index (κ1) is 10.3. The first-order valence-corrected chi connectivity index (χ1v) is 3.52. The van der Waals surface area contributed by atoms with Gasteiger partial charge in [-0.3, -0.25) is 4.79 Å². The smallest absolute Gasteiger partial charge is 0.320 e. The van der Waals surface area contributed by atoms with E-state index in [4.69, 9.17) is 22.3 Å². The second-order valence-electron chi connectivity index (χ2n) is 2.52. The third-order valence-corrected chi connectivity index (χ3v) is 1.41. The van der Waals surface area contributed by atoms with Crippen LogP contribution >= 0.6 is 0 Å². The standard InChI is InChI=1S/C6H15N3O2/c7-2-1-4(8)3-5(9)6(10)11/h4-5H,1-3,7-9H2,(H,10,11). The minimum Gasteiger partial charge on any atom is -0.480 e. The van der Waals surface area contributed by atoms with Crippen molar-refractivity contribution in [3.05, 3.63) is 0 Å². The Balaban J connectivity index is 3.56. The van der Waals surface area contributed by atoms with Gasteiger partial charge >= 0.3 is 5.97 Å². The molecule has 0 aliphatic carbocycles. The minimum absolute atomic E-state index is 0.203. The molecule has 11 heavy (non-hydrogen) atoms. The highest BCUT2D eigenvalue weighted by atomic mass is 16.4. The molecule has 0 aliphatic rings. The van der Waals surface area contributed by atoms with Gasteiger partial charge in [0.25, 0.3) is 0 Å². The fourth-order valence-electron chi connectivity index (χ4n) is 0.759. The Morgan fingerprint density at radius 1 is 1.45 bits per heavy atom. The molecule has 0 rings (SSSR count). The van der Waals surface area contributed by atoms with Gasteiger partial charge < -0.3 is 22.3 Å². The molecule has 0 bridgehead atoms. The maximum absolute atomic E-state index is 10.2. The van der Waals surface area contributed by atoms with Crippen LogP contribution in [0, 0.1) is 0 Å². The van der Waals surface area contributed by atoms with Gasteiger partial charge in [0.2, 0.25) is 0 Å². The Labute approximate surface area is 65.5 Å². The first-order valence-electron chi connectivity index (χ1n) is 3.52. The number of carbonyl (C=O) groups is 1. The first-order chi connectivity index (χ1) is 5.07. The zero-order valence-corrected chi connectivity index (χ0v) is 6.36. The predicted octanol–water partition coefficient (Wildman–Crippen LogP) is -1.54. The van der Waals surface area contributed by atoms with Crippen LogP contribution in [0.2, 0.25) is 0 Å². The van der Waals surface area contributed by atoms with E-state index >= 15 is 0 Å². The normalized spacial score (nSPS) is 15.9. The molecule has 0 saturated heterocycles. The summed E-state index contributed by atoms with van der Waals surface area (Å²) in [6.45, 7) is 0.466. The maximum Gasteiger partial charge on any atom is 0.320 e. The second-order valence-corrected chi connectivity index (χ2v) is 2.52. The molecule has 0 spiro atoms. The Morgan fingerprint density at radius 3 is 2.36 bits per heavy atom. The highest BCUT2D eigenvalue weighted by Gasteiger charge is 2.14. The lowest BCUT2D eigenvalue weighted by atomic mass is 10.1. The molecular formula is C6H15N3O2. The summed E-state index contributed by atoms with van der Waals surface area (Å²) in [6, 6.07) is -1.07. The predicted molar refractivity (Wildman–Crippen MR) is 41.9 cm³/mol. The summed E-state index contributed by atoms with van der Waals surface area (Å²) in [5, 5.41) is 8.39. The summed E-state index contributed by atoms with van der Waals surface area (Å²) < 4.78 is 0. The topological polar surface area (TPSA) is 115 Å². The second kappa shape index (κ2) is 5.06. The number of rotatable bonds is 5. The lowest BCUT2D eigenvalue weighted by Gasteiger charge is -2.12. The van der Waals surface area contributed by atoms with Gasteiger partial charge in [-0.2, -0.15) is 0 Å². The van der Waals surface area contributed by atoms with Crippen LogP contribution in [0.3, 0.4) is 0 Å². The number of hydrogen-bond acceptors (Lipinski definition) is 4. The van der Waals surface area contributed by atoms with Gasteiger partial charge in [0, 0.05) is 6.04 Å². The lowest BCUT2D eigenvalue weighted by molar-refractivity contribution is -0.138. The summed E-state index contributed by atoms with van der Waals surface area (Å²) in [5.74, 6) is -1.02. The fraction of sp³-hybridized carbons (Fsp3) is 0.833. The molecule has 0 heterocycles. The van der Waals surface area contributed by atoms with Crippen LogP contribution in [0.4, 0.5) is 0 Å². The van der Waals surface area contributed by atoms with E-state index in [0.717, 1.165) is 0 Å². The van der Waals surface area contributed by atoms with Crippen molar-refractivity contribution < 1.29 is 9.90 Å². The van der Waals surface area contributed by atoms with Crippen LogP contribution < -0.4 is 17.2 Å². The van der Waals surface area contributed by atoms with Crippen LogP contribution in [0.5, 0.6) is 0 Å². The molecule has 5 heteroatoms. The van der Waals surface area contributed by atoms with Crippen molar-refractivity contribution >= 4 is 5.97 Å². The van der Waals surface area contributed by atoms with Crippen molar-refractivity contribution in [1.29, 1.82) is 0 Å². The Morgan fingerprint density at radius 2 is 2.00 bits per heavy atom. The largest absolute Gasteiger partial charge is 0.480 e. The molecule has 0 aliphatic heterocycles. The van der Waals surface area contributed by atoms with Crippen molar-refractivity contribution in [3.8, 4) is 0 Å². The Kier molecular flexibility index (Phi) is 4.76. The van der Waals surface area contributed by atoms with Crippen LogP contribution in [-0.2, 0) is 4.79 Å². The zero-order chi connectivity index (χ0) is 8.85. The van der Waals surface area contributed by atoms with Crippen molar-refractivity contribution in [1.82, 2.24) is 0 Å². The molecule has 0 aromatic heterocycles. The molecule has 0 amide bonds. The quantitative estimate of drug-likeness (QED) is 0.390. The number of carboxylic acid groups (broad SMARTS) is 1.